The summed E-state index contributed by atoms with van der Waals surface area (Å²) in [4.78, 5) is 0. The van der Waals surface area contributed by atoms with Gasteiger partial charge in [-0.1, -0.05) is 156 Å². The van der Waals surface area contributed by atoms with Gasteiger partial charge < -0.3 is 0 Å². The minimum Gasteiger partial charge on any atom is -0.0617 e. The summed E-state index contributed by atoms with van der Waals surface area (Å²) < 4.78 is 0. The van der Waals surface area contributed by atoms with Crippen molar-refractivity contribution in [3.05, 3.63) is 68.8 Å². The fraction of sp³-hybridized carbons (Fsp3) is 0.692. The zero-order valence-electron chi connectivity index (χ0n) is 29.6. The molecule has 0 aliphatic rings. The van der Waals surface area contributed by atoms with E-state index >= 15 is 0 Å². The van der Waals surface area contributed by atoms with Crippen LogP contribution in [0.15, 0.2) is 24.3 Å². The molecule has 220 valence electrons. The molecule has 1 atom stereocenters. The molecule has 0 nitrogen and oxygen atoms in total. The highest BCUT2D eigenvalue weighted by atomic mass is 14.4. The van der Waals surface area contributed by atoms with Crippen molar-refractivity contribution in [3.8, 4) is 0 Å². The SMILES string of the molecule is CC(Cc1cc(C(C)(C)C)c(C(C)(C)C)c(C(C)(C)C)c1C(C)(C)C)c1cccc(C(C)(C)C)c1C(C)(C)C. The largest absolute Gasteiger partial charge is 0.0617 e. The van der Waals surface area contributed by atoms with Crippen LogP contribution in [-0.2, 0) is 38.9 Å². The van der Waals surface area contributed by atoms with Crippen molar-refractivity contribution in [3.63, 3.8) is 0 Å². The van der Waals surface area contributed by atoms with E-state index in [-0.39, 0.29) is 32.5 Å². The second-order valence-electron chi connectivity index (χ2n) is 18.6. The van der Waals surface area contributed by atoms with Crippen LogP contribution >= 0.6 is 0 Å². The summed E-state index contributed by atoms with van der Waals surface area (Å²) in [6, 6.07) is 9.70. The maximum atomic E-state index is 2.62. The second-order valence-corrected chi connectivity index (χ2v) is 18.6. The van der Waals surface area contributed by atoms with Crippen molar-refractivity contribution in [1.29, 1.82) is 0 Å². The monoisotopic (exact) mass is 533 g/mol. The summed E-state index contributed by atoms with van der Waals surface area (Å²) in [6.07, 6.45) is 1.06. The lowest BCUT2D eigenvalue weighted by Crippen LogP contribution is -2.33. The van der Waals surface area contributed by atoms with E-state index in [1.165, 1.54) is 16.7 Å². The third-order valence-corrected chi connectivity index (χ3v) is 8.18. The van der Waals surface area contributed by atoms with Crippen LogP contribution in [0.3, 0.4) is 0 Å². The fourth-order valence-electron chi connectivity index (χ4n) is 6.76. The maximum Gasteiger partial charge on any atom is -0.0126 e. The average Bonchev–Trinajstić information content (AvgIpc) is 2.67. The Kier molecular flexibility index (Phi) is 8.94. The van der Waals surface area contributed by atoms with E-state index in [9.17, 15) is 0 Å². The molecule has 2 rings (SSSR count). The molecule has 0 spiro atoms. The fourth-order valence-corrected chi connectivity index (χ4v) is 6.76. The number of hydrogen-bond donors (Lipinski definition) is 0. The summed E-state index contributed by atoms with van der Waals surface area (Å²) in [5.41, 5.74) is 12.8. The molecule has 1 unspecified atom stereocenters. The van der Waals surface area contributed by atoms with Gasteiger partial charge in [0.15, 0.2) is 0 Å². The van der Waals surface area contributed by atoms with Crippen LogP contribution in [0, 0.1) is 0 Å². The van der Waals surface area contributed by atoms with Gasteiger partial charge in [-0.2, -0.15) is 0 Å². The van der Waals surface area contributed by atoms with E-state index in [0.29, 0.717) is 5.92 Å². The Labute approximate surface area is 244 Å². The molecule has 0 amide bonds. The summed E-state index contributed by atoms with van der Waals surface area (Å²) in [5.74, 6) is 0.420. The van der Waals surface area contributed by atoms with Gasteiger partial charge in [0.2, 0.25) is 0 Å². The summed E-state index contributed by atoms with van der Waals surface area (Å²) in [6.45, 7) is 45.7. The first-order chi connectivity index (χ1) is 17.1. The van der Waals surface area contributed by atoms with Gasteiger partial charge in [0.25, 0.3) is 0 Å². The predicted molar refractivity (Wildman–Crippen MR) is 177 cm³/mol. The Morgan fingerprint density at radius 2 is 0.872 bits per heavy atom. The topological polar surface area (TPSA) is 0 Å². The van der Waals surface area contributed by atoms with Crippen LogP contribution < -0.4 is 0 Å². The zero-order chi connectivity index (χ0) is 30.7. The Morgan fingerprint density at radius 3 is 1.23 bits per heavy atom. The van der Waals surface area contributed by atoms with Gasteiger partial charge in [-0.25, -0.2) is 0 Å². The van der Waals surface area contributed by atoms with Crippen molar-refractivity contribution >= 4 is 0 Å². The van der Waals surface area contributed by atoms with Gasteiger partial charge in [-0.05, 0) is 89.3 Å². The molecule has 39 heavy (non-hydrogen) atoms. The van der Waals surface area contributed by atoms with Gasteiger partial charge in [0.05, 0.1) is 0 Å². The van der Waals surface area contributed by atoms with Gasteiger partial charge in [-0.3, -0.25) is 0 Å². The maximum absolute atomic E-state index is 2.62. The first kappa shape index (κ1) is 33.6. The van der Waals surface area contributed by atoms with Crippen molar-refractivity contribution in [2.75, 3.05) is 0 Å². The lowest BCUT2D eigenvalue weighted by Gasteiger charge is -2.42. The molecule has 0 N–H and O–H groups in total. The molecule has 2 aromatic rings. The molecule has 0 fully saturated rings. The van der Waals surface area contributed by atoms with E-state index in [4.69, 9.17) is 0 Å². The van der Waals surface area contributed by atoms with Crippen LogP contribution in [0.2, 0.25) is 0 Å². The zero-order valence-corrected chi connectivity index (χ0v) is 29.6. The van der Waals surface area contributed by atoms with Crippen molar-refractivity contribution < 1.29 is 0 Å². The van der Waals surface area contributed by atoms with Crippen molar-refractivity contribution in [2.45, 2.75) is 176 Å². The minimum absolute atomic E-state index is 0.0488. The van der Waals surface area contributed by atoms with Gasteiger partial charge in [-0.15, -0.1) is 0 Å². The molecule has 0 aliphatic heterocycles. The van der Waals surface area contributed by atoms with Crippen molar-refractivity contribution in [1.82, 2.24) is 0 Å². The lowest BCUT2D eigenvalue weighted by atomic mass is 9.62. The van der Waals surface area contributed by atoms with E-state index < -0.39 is 0 Å². The van der Waals surface area contributed by atoms with E-state index in [0.717, 1.165) is 6.42 Å². The number of rotatable bonds is 3. The number of benzene rings is 2. The first-order valence-electron chi connectivity index (χ1n) is 15.4. The standard InChI is InChI=1S/C39H64/c1-25(27-21-20-22-28(34(2,3)4)31(27)37(11,12)13)23-26-24-29(35(5,6)7)32(38(14,15)16)33(39(17,18)19)30(26)36(8,9)10/h20-22,24-25H,23H2,1-19H3. The molecular formula is C39H64. The van der Waals surface area contributed by atoms with Crippen LogP contribution in [0.1, 0.15) is 182 Å². The molecule has 0 aromatic heterocycles. The average molecular weight is 533 g/mol. The highest BCUT2D eigenvalue weighted by molar-refractivity contribution is 5.57. The predicted octanol–water partition coefficient (Wildman–Crippen LogP) is 11.8. The number of hydrogen-bond acceptors (Lipinski definition) is 0. The van der Waals surface area contributed by atoms with Crippen LogP contribution in [0.4, 0.5) is 0 Å². The molecule has 0 radical (unpaired) electrons. The molecule has 0 aliphatic carbocycles. The highest BCUT2D eigenvalue weighted by Crippen LogP contribution is 2.48. The Morgan fingerprint density at radius 1 is 0.462 bits per heavy atom. The molecule has 2 aromatic carbocycles. The molecule has 0 saturated heterocycles. The van der Waals surface area contributed by atoms with Crippen molar-refractivity contribution in [2.24, 2.45) is 0 Å². The molecule has 0 bridgehead atoms. The van der Waals surface area contributed by atoms with Gasteiger partial charge >= 0.3 is 0 Å². The molecular weight excluding hydrogens is 468 g/mol. The third kappa shape index (κ3) is 7.40. The van der Waals surface area contributed by atoms with Gasteiger partial charge in [0.1, 0.15) is 0 Å². The Balaban J connectivity index is 3.03. The Hall–Kier alpha value is -1.56. The minimum atomic E-state index is 0.0488. The first-order valence-corrected chi connectivity index (χ1v) is 15.4. The summed E-state index contributed by atoms with van der Waals surface area (Å²) in [5, 5.41) is 0. The quantitative estimate of drug-likeness (QED) is 0.369. The van der Waals surface area contributed by atoms with Gasteiger partial charge in [0, 0.05) is 0 Å². The summed E-state index contributed by atoms with van der Waals surface area (Å²) >= 11 is 0. The summed E-state index contributed by atoms with van der Waals surface area (Å²) in [7, 11) is 0. The van der Waals surface area contributed by atoms with Crippen LogP contribution in [0.25, 0.3) is 0 Å². The smallest absolute Gasteiger partial charge is 0.0126 e. The molecule has 0 saturated carbocycles. The van der Waals surface area contributed by atoms with E-state index in [2.05, 4.69) is 156 Å². The highest BCUT2D eigenvalue weighted by Gasteiger charge is 2.38. The second kappa shape index (κ2) is 10.4. The van der Waals surface area contributed by atoms with Crippen LogP contribution in [0.5, 0.6) is 0 Å². The molecule has 0 heterocycles. The third-order valence-electron chi connectivity index (χ3n) is 8.18. The van der Waals surface area contributed by atoms with E-state index in [1.807, 2.05) is 0 Å². The molecule has 0 heteroatoms. The Bertz CT molecular complexity index is 1160. The normalized spacial score (nSPS) is 15.1. The van der Waals surface area contributed by atoms with Crippen LogP contribution in [-0.4, -0.2) is 0 Å². The van der Waals surface area contributed by atoms with E-state index in [1.54, 1.807) is 27.8 Å². The lowest BCUT2D eigenvalue weighted by molar-refractivity contribution is 0.471.